The van der Waals surface area contributed by atoms with E-state index < -0.39 is 36.8 Å². The van der Waals surface area contributed by atoms with Gasteiger partial charge in [-0.25, -0.2) is 0 Å². The molecule has 15 heteroatoms. The largest absolute Gasteiger partial charge is 0.414 e. The lowest BCUT2D eigenvalue weighted by molar-refractivity contribution is -0.271. The molecular weight excluding hydrogens is 985 g/mol. The standard InChI is InChI=1S/C59H106O12Si3/c1-15-72(16-2,17-3)62-38-44(70-73(18-4,19-5)20-6)35-49-52(61-14)45-34-41(60)26-24-25-27-47-54(71-74(21-7,22-8)23-9)57-56-55(66-47)53-50(67-56)37-59(68-53,69-57)31-30-43-32-39(10)46(63-43)29-28-42-33-40(11)58(12,13)51(64-42)36-48(45)65-49/h24-25,40-57,60H,10,15-23,26-38H2,1-9,11-14H3/b25-24+/t40-,41?,42+,43+,44+,45?,46+,47?,48?,49?,50-,51?,52-,53+,54?,55+,56-,57+,59+/m1/s1. The molecule has 0 radical (unpaired) electrons. The highest BCUT2D eigenvalue weighted by atomic mass is 28.4. The van der Waals surface area contributed by atoms with Gasteiger partial charge in [-0.2, -0.15) is 0 Å². The number of aliphatic hydroxyl groups excluding tert-OH is 1. The highest BCUT2D eigenvalue weighted by Gasteiger charge is 2.68. The van der Waals surface area contributed by atoms with Crippen molar-refractivity contribution in [3.05, 3.63) is 24.3 Å². The van der Waals surface area contributed by atoms with E-state index in [1.807, 2.05) is 7.11 Å². The smallest absolute Gasteiger partial charge is 0.192 e. The average molecular weight is 1090 g/mol. The Balaban J connectivity index is 1.09. The van der Waals surface area contributed by atoms with Crippen molar-refractivity contribution in [2.45, 2.75) is 318 Å². The first kappa shape index (κ1) is 59.8. The third-order valence-corrected chi connectivity index (χ3v) is 35.4. The lowest BCUT2D eigenvalue weighted by atomic mass is 9.68. The predicted molar refractivity (Wildman–Crippen MR) is 300 cm³/mol. The molecule has 1 spiro atoms. The van der Waals surface area contributed by atoms with E-state index in [9.17, 15) is 5.11 Å². The minimum absolute atomic E-state index is 0.00526. The molecule has 0 aromatic rings. The summed E-state index contributed by atoms with van der Waals surface area (Å²) in [6, 6.07) is 9.62. The zero-order valence-electron chi connectivity index (χ0n) is 48.7. The summed E-state index contributed by atoms with van der Waals surface area (Å²) in [4.78, 5) is 0. The number of hydrogen-bond donors (Lipinski definition) is 1. The van der Waals surface area contributed by atoms with Gasteiger partial charge in [-0.05, 0) is 123 Å². The van der Waals surface area contributed by atoms with Crippen LogP contribution in [0.5, 0.6) is 0 Å². The van der Waals surface area contributed by atoms with Gasteiger partial charge in [0, 0.05) is 38.7 Å². The van der Waals surface area contributed by atoms with Crippen LogP contribution in [0.15, 0.2) is 24.3 Å². The molecule has 8 saturated heterocycles. The summed E-state index contributed by atoms with van der Waals surface area (Å²) in [5.41, 5.74) is 1.10. The maximum absolute atomic E-state index is 12.2. The molecule has 1 N–H and O–H groups in total. The van der Waals surface area contributed by atoms with Crippen molar-refractivity contribution < 1.29 is 56.3 Å². The Kier molecular flexibility index (Phi) is 20.4. The summed E-state index contributed by atoms with van der Waals surface area (Å²) >= 11 is 0. The Morgan fingerprint density at radius 1 is 0.676 bits per heavy atom. The Labute approximate surface area is 452 Å². The molecule has 0 saturated carbocycles. The number of ether oxygens (including phenoxy) is 8. The molecule has 9 heterocycles. The lowest BCUT2D eigenvalue weighted by Crippen LogP contribution is -2.62. The number of hydrogen-bond acceptors (Lipinski definition) is 12. The zero-order valence-corrected chi connectivity index (χ0v) is 51.7. The third-order valence-electron chi connectivity index (χ3n) is 21.4. The van der Waals surface area contributed by atoms with Crippen LogP contribution < -0.4 is 0 Å². The lowest BCUT2D eigenvalue weighted by Gasteiger charge is -2.48. The van der Waals surface area contributed by atoms with Crippen LogP contribution in [0.1, 0.15) is 160 Å². The van der Waals surface area contributed by atoms with Gasteiger partial charge in [0.2, 0.25) is 0 Å². The summed E-state index contributed by atoms with van der Waals surface area (Å²) in [6.07, 6.45) is 10.7. The van der Waals surface area contributed by atoms with Crippen molar-refractivity contribution in [3.8, 4) is 0 Å². The molecule has 8 fully saturated rings. The maximum Gasteiger partial charge on any atom is 0.192 e. The van der Waals surface area contributed by atoms with Gasteiger partial charge in [0.05, 0.1) is 73.8 Å². The number of aliphatic hydroxyl groups is 1. The Morgan fingerprint density at radius 2 is 1.31 bits per heavy atom. The molecule has 0 aromatic heterocycles. The molecule has 74 heavy (non-hydrogen) atoms. The molecule has 9 rings (SSSR count). The molecule has 0 amide bonds. The minimum Gasteiger partial charge on any atom is -0.414 e. The molecule has 19 atom stereocenters. The molecule has 9 aliphatic heterocycles. The third kappa shape index (κ3) is 12.4. The van der Waals surface area contributed by atoms with Crippen molar-refractivity contribution >= 4 is 25.0 Å². The van der Waals surface area contributed by atoms with Gasteiger partial charge < -0.3 is 56.3 Å². The topological polar surface area (TPSA) is 122 Å². The van der Waals surface area contributed by atoms with E-state index >= 15 is 0 Å². The van der Waals surface area contributed by atoms with Crippen LogP contribution in [0.2, 0.25) is 54.4 Å². The van der Waals surface area contributed by atoms with Crippen molar-refractivity contribution in [1.82, 2.24) is 0 Å². The zero-order chi connectivity index (χ0) is 53.2. The fourth-order valence-corrected chi connectivity index (χ4v) is 23.5. The van der Waals surface area contributed by atoms with Crippen molar-refractivity contribution in [2.24, 2.45) is 17.3 Å². The molecule has 0 aliphatic carbocycles. The first-order valence-electron chi connectivity index (χ1n) is 30.6. The normalized spacial score (nSPS) is 41.6. The van der Waals surface area contributed by atoms with Crippen molar-refractivity contribution in [1.29, 1.82) is 0 Å². The first-order valence-corrected chi connectivity index (χ1v) is 38.2. The van der Waals surface area contributed by atoms with Crippen LogP contribution in [0.25, 0.3) is 0 Å². The summed E-state index contributed by atoms with van der Waals surface area (Å²) in [5.74, 6) is -0.379. The van der Waals surface area contributed by atoms with E-state index in [0.717, 1.165) is 99.3 Å². The summed E-state index contributed by atoms with van der Waals surface area (Å²) in [6.45, 7) is 33.1. The van der Waals surface area contributed by atoms with Gasteiger partial charge in [-0.3, -0.25) is 0 Å². The number of fused-ring (bicyclic) bond motifs is 6. The summed E-state index contributed by atoms with van der Waals surface area (Å²) in [5, 5.41) is 12.2. The number of rotatable bonds is 19. The summed E-state index contributed by atoms with van der Waals surface area (Å²) < 4.78 is 78.6. The SMILES string of the molecule is C=C1C[C@@H]2CC[C@@]34C[C@H]5O[C@@H]6[C@@H](OC(C/C=C/CC(O)CC7C(CC8O[C@@H](CC[C@@H]1O2)C[C@@H](C)C8(C)C)OC(C[C@@H](CO[Si](CC)(CC)CC)O[Si](CC)(CC)CC)[C@@H]7OC)C(O[Si](CC)(CC)CC)[C@@H]6O3)[C@H]5O4. The second kappa shape index (κ2) is 25.2. The predicted octanol–water partition coefficient (Wildman–Crippen LogP) is 12.6. The van der Waals surface area contributed by atoms with E-state index in [1.165, 1.54) is 5.57 Å². The average Bonchev–Trinajstić information content (AvgIpc) is 4.09. The van der Waals surface area contributed by atoms with E-state index in [1.54, 1.807) is 0 Å². The molecule has 7 unspecified atom stereocenters. The van der Waals surface area contributed by atoms with E-state index in [4.69, 9.17) is 51.2 Å². The highest BCUT2D eigenvalue weighted by Crippen LogP contribution is 2.54. The molecule has 11 bridgehead atoms. The molecule has 12 nitrogen and oxygen atoms in total. The fourth-order valence-electron chi connectivity index (χ4n) is 15.2. The van der Waals surface area contributed by atoms with E-state index in [-0.39, 0.29) is 103 Å². The van der Waals surface area contributed by atoms with Gasteiger partial charge in [-0.1, -0.05) is 102 Å². The monoisotopic (exact) mass is 1090 g/mol. The Morgan fingerprint density at radius 3 is 1.97 bits per heavy atom. The second-order valence-electron chi connectivity index (χ2n) is 25.2. The highest BCUT2D eigenvalue weighted by molar-refractivity contribution is 6.74. The summed E-state index contributed by atoms with van der Waals surface area (Å²) in [7, 11) is -4.18. The quantitative estimate of drug-likeness (QED) is 0.0979. The van der Waals surface area contributed by atoms with Crippen LogP contribution in [-0.2, 0) is 51.2 Å². The van der Waals surface area contributed by atoms with Gasteiger partial charge in [0.1, 0.15) is 30.5 Å². The van der Waals surface area contributed by atoms with Crippen LogP contribution in [0.4, 0.5) is 0 Å². The van der Waals surface area contributed by atoms with Crippen LogP contribution in [0, 0.1) is 17.3 Å². The van der Waals surface area contributed by atoms with Crippen LogP contribution >= 0.6 is 0 Å². The van der Waals surface area contributed by atoms with Gasteiger partial charge >= 0.3 is 0 Å². The fraction of sp³-hybridized carbons (Fsp3) is 0.932. The van der Waals surface area contributed by atoms with Gasteiger partial charge in [0.25, 0.3) is 0 Å². The van der Waals surface area contributed by atoms with Crippen molar-refractivity contribution in [2.75, 3.05) is 13.7 Å². The van der Waals surface area contributed by atoms with Crippen LogP contribution in [0.3, 0.4) is 0 Å². The van der Waals surface area contributed by atoms with Gasteiger partial charge in [0.15, 0.2) is 30.7 Å². The Bertz CT molecular complexity index is 1800. The molecule has 0 aromatic carbocycles. The minimum atomic E-state index is -2.12. The second-order valence-corrected chi connectivity index (χ2v) is 39.5. The van der Waals surface area contributed by atoms with Crippen LogP contribution in [-0.4, -0.2) is 147 Å². The number of methoxy groups -OCH3 is 1. The maximum atomic E-state index is 12.2. The van der Waals surface area contributed by atoms with Gasteiger partial charge in [-0.15, -0.1) is 0 Å². The van der Waals surface area contributed by atoms with E-state index in [0.29, 0.717) is 44.6 Å². The van der Waals surface area contributed by atoms with Crippen molar-refractivity contribution in [3.63, 3.8) is 0 Å². The molecule has 9 aliphatic rings. The molecule has 426 valence electrons. The molecular formula is C59H106O12Si3. The Hall–Kier alpha value is -0.349. The first-order chi connectivity index (χ1) is 35.4. The van der Waals surface area contributed by atoms with E-state index in [2.05, 4.69) is 102 Å².